The first-order valence-electron chi connectivity index (χ1n) is 3.79. The van der Waals surface area contributed by atoms with Crippen LogP contribution in [0.3, 0.4) is 0 Å². The normalized spacial score (nSPS) is 9.85. The summed E-state index contributed by atoms with van der Waals surface area (Å²) in [6, 6.07) is 1.41. The molecule has 6 heteroatoms. The summed E-state index contributed by atoms with van der Waals surface area (Å²) >= 11 is 5.62. The van der Waals surface area contributed by atoms with E-state index in [0.29, 0.717) is 11.6 Å². The highest BCUT2D eigenvalue weighted by Gasteiger charge is 2.18. The van der Waals surface area contributed by atoms with Crippen molar-refractivity contribution in [1.82, 2.24) is 4.98 Å². The van der Waals surface area contributed by atoms with E-state index in [1.807, 2.05) is 0 Å². The molecule has 0 saturated carbocycles. The third-order valence-electron chi connectivity index (χ3n) is 1.40. The van der Waals surface area contributed by atoms with Gasteiger partial charge >= 0.3 is 7.12 Å². The van der Waals surface area contributed by atoms with E-state index in [1.165, 1.54) is 12.3 Å². The highest BCUT2D eigenvalue weighted by Crippen LogP contribution is 2.09. The van der Waals surface area contributed by atoms with Crippen LogP contribution in [0, 0.1) is 0 Å². The molecule has 0 bridgehead atoms. The highest BCUT2D eigenvalue weighted by molar-refractivity contribution is 6.60. The number of hydrogen-bond acceptors (Lipinski definition) is 4. The molecule has 0 radical (unpaired) electrons. The first-order chi connectivity index (χ1) is 6.15. The molecule has 1 aromatic heterocycles. The number of hydrogen-bond donors (Lipinski definition) is 2. The van der Waals surface area contributed by atoms with Crippen molar-refractivity contribution >= 4 is 24.2 Å². The Hall–Kier alpha value is -0.775. The first kappa shape index (κ1) is 10.3. The zero-order valence-electron chi connectivity index (χ0n) is 7.07. The van der Waals surface area contributed by atoms with E-state index < -0.39 is 7.12 Å². The van der Waals surface area contributed by atoms with Crippen LogP contribution in [0.2, 0.25) is 5.02 Å². The lowest BCUT2D eigenvalue weighted by Gasteiger charge is -2.07. The number of aromatic nitrogens is 1. The van der Waals surface area contributed by atoms with Crippen molar-refractivity contribution in [3.05, 3.63) is 17.3 Å². The quantitative estimate of drug-likeness (QED) is 0.666. The second kappa shape index (κ2) is 4.46. The van der Waals surface area contributed by atoms with Gasteiger partial charge in [0.25, 0.3) is 0 Å². The fourth-order valence-corrected chi connectivity index (χ4v) is 1.05. The molecule has 13 heavy (non-hydrogen) atoms. The van der Waals surface area contributed by atoms with Crippen molar-refractivity contribution in [3.63, 3.8) is 0 Å². The molecule has 0 aliphatic heterocycles. The van der Waals surface area contributed by atoms with Crippen LogP contribution in [0.1, 0.15) is 6.92 Å². The number of nitrogens with zero attached hydrogens (tertiary/aromatic N) is 1. The second-order valence-corrected chi connectivity index (χ2v) is 2.79. The van der Waals surface area contributed by atoms with Gasteiger partial charge in [-0.1, -0.05) is 11.6 Å². The Morgan fingerprint density at radius 3 is 2.85 bits per heavy atom. The SMILES string of the molecule is CCOc1ncc(Cl)cc1B(O)O. The summed E-state index contributed by atoms with van der Waals surface area (Å²) in [6.07, 6.45) is 1.39. The van der Waals surface area contributed by atoms with Gasteiger partial charge in [-0.25, -0.2) is 4.98 Å². The smallest absolute Gasteiger partial charge is 0.478 e. The van der Waals surface area contributed by atoms with E-state index >= 15 is 0 Å². The van der Waals surface area contributed by atoms with Crippen LogP contribution in [-0.4, -0.2) is 28.8 Å². The maximum absolute atomic E-state index is 8.93. The maximum Gasteiger partial charge on any atom is 0.494 e. The molecule has 0 amide bonds. The van der Waals surface area contributed by atoms with E-state index in [1.54, 1.807) is 6.92 Å². The molecule has 1 heterocycles. The number of rotatable bonds is 3. The summed E-state index contributed by atoms with van der Waals surface area (Å²) in [5.41, 5.74) is 0.175. The molecule has 0 spiro atoms. The van der Waals surface area contributed by atoms with Gasteiger partial charge in [-0.15, -0.1) is 0 Å². The Morgan fingerprint density at radius 1 is 1.62 bits per heavy atom. The van der Waals surface area contributed by atoms with Crippen LogP contribution in [0.15, 0.2) is 12.3 Å². The molecule has 0 atom stereocenters. The molecule has 4 nitrogen and oxygen atoms in total. The topological polar surface area (TPSA) is 62.6 Å². The van der Waals surface area contributed by atoms with Crippen LogP contribution in [0.5, 0.6) is 5.88 Å². The van der Waals surface area contributed by atoms with Crippen LogP contribution < -0.4 is 10.2 Å². The molecule has 0 fully saturated rings. The zero-order chi connectivity index (χ0) is 9.84. The minimum atomic E-state index is -1.62. The average Bonchev–Trinajstić information content (AvgIpc) is 2.08. The van der Waals surface area contributed by atoms with Crippen molar-refractivity contribution in [2.24, 2.45) is 0 Å². The van der Waals surface area contributed by atoms with E-state index in [0.717, 1.165) is 0 Å². The fourth-order valence-electron chi connectivity index (χ4n) is 0.885. The van der Waals surface area contributed by atoms with Gasteiger partial charge in [-0.3, -0.25) is 0 Å². The van der Waals surface area contributed by atoms with Crippen molar-refractivity contribution in [2.75, 3.05) is 6.61 Å². The van der Waals surface area contributed by atoms with Crippen LogP contribution in [-0.2, 0) is 0 Å². The van der Waals surface area contributed by atoms with Crippen molar-refractivity contribution in [1.29, 1.82) is 0 Å². The average molecular weight is 201 g/mol. The second-order valence-electron chi connectivity index (χ2n) is 2.35. The van der Waals surface area contributed by atoms with Gasteiger partial charge in [0.2, 0.25) is 5.88 Å². The van der Waals surface area contributed by atoms with Gasteiger partial charge in [0.1, 0.15) is 0 Å². The molecular formula is C7H9BClNO3. The lowest BCUT2D eigenvalue weighted by Crippen LogP contribution is -2.32. The van der Waals surface area contributed by atoms with Gasteiger partial charge in [-0.2, -0.15) is 0 Å². The molecule has 1 aromatic rings. The minimum absolute atomic E-state index is 0.175. The Morgan fingerprint density at radius 2 is 2.31 bits per heavy atom. The third-order valence-corrected chi connectivity index (χ3v) is 1.61. The Bertz CT molecular complexity index is 295. The first-order valence-corrected chi connectivity index (χ1v) is 4.17. The number of pyridine rings is 1. The number of ether oxygens (including phenoxy) is 1. The van der Waals surface area contributed by atoms with Gasteiger partial charge in [0.15, 0.2) is 0 Å². The third kappa shape index (κ3) is 2.58. The molecule has 0 aliphatic carbocycles. The fraction of sp³-hybridized carbons (Fsp3) is 0.286. The summed E-state index contributed by atoms with van der Waals surface area (Å²) in [5, 5.41) is 18.2. The summed E-state index contributed by atoms with van der Waals surface area (Å²) in [5.74, 6) is 0.196. The monoisotopic (exact) mass is 201 g/mol. The van der Waals surface area contributed by atoms with Crippen molar-refractivity contribution < 1.29 is 14.8 Å². The Balaban J connectivity index is 3.03. The lowest BCUT2D eigenvalue weighted by molar-refractivity contribution is 0.327. The highest BCUT2D eigenvalue weighted by atomic mass is 35.5. The van der Waals surface area contributed by atoms with Crippen LogP contribution in [0.4, 0.5) is 0 Å². The van der Waals surface area contributed by atoms with E-state index in [2.05, 4.69) is 4.98 Å². The number of halogens is 1. The van der Waals surface area contributed by atoms with Crippen LogP contribution >= 0.6 is 11.6 Å². The van der Waals surface area contributed by atoms with Crippen molar-refractivity contribution in [2.45, 2.75) is 6.92 Å². The van der Waals surface area contributed by atoms with E-state index in [-0.39, 0.29) is 11.3 Å². The minimum Gasteiger partial charge on any atom is -0.478 e. The molecular weight excluding hydrogens is 192 g/mol. The summed E-state index contributed by atoms with van der Waals surface area (Å²) in [4.78, 5) is 3.82. The Kier molecular flexibility index (Phi) is 3.53. The lowest BCUT2D eigenvalue weighted by atomic mass is 9.81. The van der Waals surface area contributed by atoms with Gasteiger partial charge in [-0.05, 0) is 13.0 Å². The molecule has 2 N–H and O–H groups in total. The standard InChI is InChI=1S/C7H9BClNO3/c1-2-13-7-6(8(11)12)3-5(9)4-10-7/h3-4,11-12H,2H2,1H3. The van der Waals surface area contributed by atoms with E-state index in [4.69, 9.17) is 26.4 Å². The van der Waals surface area contributed by atoms with Gasteiger partial charge in [0, 0.05) is 11.7 Å². The predicted octanol–water partition coefficient (Wildman–Crippen LogP) is -0.187. The summed E-state index contributed by atoms with van der Waals surface area (Å²) in [7, 11) is -1.62. The molecule has 0 aliphatic rings. The largest absolute Gasteiger partial charge is 0.494 e. The molecule has 1 rings (SSSR count). The molecule has 0 aromatic carbocycles. The van der Waals surface area contributed by atoms with Gasteiger partial charge < -0.3 is 14.8 Å². The zero-order valence-corrected chi connectivity index (χ0v) is 7.82. The maximum atomic E-state index is 8.93. The van der Waals surface area contributed by atoms with Gasteiger partial charge in [0.05, 0.1) is 11.6 Å². The molecule has 70 valence electrons. The van der Waals surface area contributed by atoms with Crippen LogP contribution in [0.25, 0.3) is 0 Å². The van der Waals surface area contributed by atoms with E-state index in [9.17, 15) is 0 Å². The van der Waals surface area contributed by atoms with Crippen molar-refractivity contribution in [3.8, 4) is 5.88 Å². The summed E-state index contributed by atoms with van der Waals surface area (Å²) in [6.45, 7) is 2.19. The molecule has 0 saturated heterocycles. The molecule has 0 unspecified atom stereocenters. The Labute approximate surface area is 81.3 Å². The summed E-state index contributed by atoms with van der Waals surface area (Å²) < 4.78 is 5.06. The predicted molar refractivity (Wildman–Crippen MR) is 50.2 cm³/mol.